The maximum atomic E-state index is 4.71. The van der Waals surface area contributed by atoms with Crippen LogP contribution < -0.4 is 10.6 Å². The second kappa shape index (κ2) is 11.8. The zero-order valence-electron chi connectivity index (χ0n) is 18.2. The lowest BCUT2D eigenvalue weighted by Gasteiger charge is -2.26. The van der Waals surface area contributed by atoms with Gasteiger partial charge in [0, 0.05) is 19.3 Å². The summed E-state index contributed by atoms with van der Waals surface area (Å²) in [7, 11) is 4.21. The molecule has 1 unspecified atom stereocenters. The van der Waals surface area contributed by atoms with Gasteiger partial charge in [0.2, 0.25) is 0 Å². The Morgan fingerprint density at radius 2 is 1.83 bits per heavy atom. The van der Waals surface area contributed by atoms with E-state index in [0.29, 0.717) is 6.54 Å². The Morgan fingerprint density at radius 1 is 1.07 bits per heavy atom. The van der Waals surface area contributed by atoms with Gasteiger partial charge in [-0.1, -0.05) is 37.3 Å². The number of hydrogen-bond donors (Lipinski definition) is 2. The van der Waals surface area contributed by atoms with Gasteiger partial charge in [0.05, 0.1) is 6.04 Å². The molecule has 7 nitrogen and oxygen atoms in total. The van der Waals surface area contributed by atoms with Crippen molar-refractivity contribution in [3.05, 3.63) is 65.6 Å². The lowest BCUT2D eigenvalue weighted by molar-refractivity contribution is 0.298. The van der Waals surface area contributed by atoms with Crippen molar-refractivity contribution in [1.82, 2.24) is 30.1 Å². The van der Waals surface area contributed by atoms with Gasteiger partial charge in [-0.05, 0) is 50.7 Å². The summed E-state index contributed by atoms with van der Waals surface area (Å²) >= 11 is 0. The quantitative estimate of drug-likeness (QED) is 0.271. The summed E-state index contributed by atoms with van der Waals surface area (Å²) in [5.74, 6) is 1.59. The minimum absolute atomic E-state index is 0. The normalized spacial score (nSPS) is 12.6. The van der Waals surface area contributed by atoms with Crippen molar-refractivity contribution in [3.63, 3.8) is 0 Å². The molecule has 0 amide bonds. The molecule has 0 fully saturated rings. The topological polar surface area (TPSA) is 69.8 Å². The summed E-state index contributed by atoms with van der Waals surface area (Å²) in [4.78, 5) is 6.94. The highest BCUT2D eigenvalue weighted by molar-refractivity contribution is 14.0. The highest BCUT2D eigenvalue weighted by atomic mass is 127. The molecule has 0 aliphatic carbocycles. The highest BCUT2D eigenvalue weighted by Gasteiger charge is 2.15. The lowest BCUT2D eigenvalue weighted by Crippen LogP contribution is -2.41. The fourth-order valence-electron chi connectivity index (χ4n) is 3.26. The molecule has 1 atom stereocenters. The molecule has 2 N–H and O–H groups in total. The van der Waals surface area contributed by atoms with Gasteiger partial charge < -0.3 is 15.5 Å². The minimum Gasteiger partial charge on any atom is -0.357 e. The third kappa shape index (κ3) is 6.15. The van der Waals surface area contributed by atoms with Crippen LogP contribution in [0.25, 0.3) is 5.65 Å². The molecule has 162 valence electrons. The van der Waals surface area contributed by atoms with Crippen LogP contribution in [0.4, 0.5) is 0 Å². The number of hydrogen-bond acceptors (Lipinski definition) is 4. The summed E-state index contributed by atoms with van der Waals surface area (Å²) < 4.78 is 1.96. The van der Waals surface area contributed by atoms with Gasteiger partial charge in [-0.3, -0.25) is 4.40 Å². The molecular weight excluding hydrogens is 489 g/mol. The number of aromatic nitrogens is 3. The molecule has 0 aliphatic heterocycles. The van der Waals surface area contributed by atoms with Crippen LogP contribution in [0.1, 0.15) is 36.8 Å². The van der Waals surface area contributed by atoms with E-state index in [4.69, 9.17) is 4.99 Å². The SMILES string of the molecule is CCNC(=NCc1nnc2ccccn12)NCC(c1ccc(CC)cc1)N(C)C.I. The standard InChI is InChI=1S/C22H31N7.HI/c1-5-17-10-12-18(13-11-17)19(28(3)4)15-24-22(23-6-2)25-16-21-27-26-20-9-7-8-14-29(20)21;/h7-14,19H,5-6,15-16H2,1-4H3,(H2,23,24,25);1H. The van der Waals surface area contributed by atoms with Crippen molar-refractivity contribution < 1.29 is 0 Å². The Morgan fingerprint density at radius 3 is 2.50 bits per heavy atom. The van der Waals surface area contributed by atoms with Gasteiger partial charge in [0.25, 0.3) is 0 Å². The van der Waals surface area contributed by atoms with Gasteiger partial charge in [-0.25, -0.2) is 4.99 Å². The molecular formula is C22H32IN7. The number of aryl methyl sites for hydroxylation is 1. The Labute approximate surface area is 196 Å². The predicted molar refractivity (Wildman–Crippen MR) is 133 cm³/mol. The molecule has 8 heteroatoms. The number of halogens is 1. The van der Waals surface area contributed by atoms with Crippen LogP contribution in [0.3, 0.4) is 0 Å². The smallest absolute Gasteiger partial charge is 0.191 e. The van der Waals surface area contributed by atoms with Gasteiger partial charge >= 0.3 is 0 Å². The molecule has 1 aromatic carbocycles. The maximum absolute atomic E-state index is 4.71. The summed E-state index contributed by atoms with van der Waals surface area (Å²) in [6.07, 6.45) is 3.02. The van der Waals surface area contributed by atoms with Crippen molar-refractivity contribution in [1.29, 1.82) is 0 Å². The number of guanidine groups is 1. The van der Waals surface area contributed by atoms with Crippen LogP contribution in [0.5, 0.6) is 0 Å². The molecule has 3 aromatic rings. The molecule has 3 rings (SSSR count). The Balaban J connectivity index is 0.00000320. The average Bonchev–Trinajstić information content (AvgIpc) is 3.15. The van der Waals surface area contributed by atoms with Crippen LogP contribution in [0.2, 0.25) is 0 Å². The summed E-state index contributed by atoms with van der Waals surface area (Å²) in [6, 6.07) is 15.0. The van der Waals surface area contributed by atoms with Gasteiger partial charge in [0.15, 0.2) is 17.4 Å². The minimum atomic E-state index is 0. The molecule has 0 bridgehead atoms. The first-order valence-electron chi connectivity index (χ1n) is 10.2. The second-order valence-electron chi connectivity index (χ2n) is 7.20. The third-order valence-corrected chi connectivity index (χ3v) is 4.97. The van der Waals surface area contributed by atoms with Crippen molar-refractivity contribution in [2.24, 2.45) is 4.99 Å². The monoisotopic (exact) mass is 521 g/mol. The van der Waals surface area contributed by atoms with E-state index in [1.165, 1.54) is 11.1 Å². The Bertz CT molecular complexity index is 934. The zero-order valence-corrected chi connectivity index (χ0v) is 20.5. The second-order valence-corrected chi connectivity index (χ2v) is 7.20. The van der Waals surface area contributed by atoms with E-state index in [0.717, 1.165) is 36.9 Å². The molecule has 30 heavy (non-hydrogen) atoms. The van der Waals surface area contributed by atoms with E-state index >= 15 is 0 Å². The van der Waals surface area contributed by atoms with E-state index in [1.807, 2.05) is 28.8 Å². The number of likely N-dealkylation sites (N-methyl/N-ethyl adjacent to an activating group) is 1. The summed E-state index contributed by atoms with van der Waals surface area (Å²) in [5, 5.41) is 15.2. The zero-order chi connectivity index (χ0) is 20.6. The van der Waals surface area contributed by atoms with Gasteiger partial charge in [0.1, 0.15) is 6.54 Å². The first-order valence-corrected chi connectivity index (χ1v) is 10.2. The van der Waals surface area contributed by atoms with Crippen LogP contribution in [-0.4, -0.2) is 52.6 Å². The van der Waals surface area contributed by atoms with Crippen molar-refractivity contribution >= 4 is 35.6 Å². The number of nitrogens with zero attached hydrogens (tertiary/aromatic N) is 5. The van der Waals surface area contributed by atoms with Gasteiger partial charge in [-0.2, -0.15) is 0 Å². The first-order chi connectivity index (χ1) is 14.1. The highest BCUT2D eigenvalue weighted by Crippen LogP contribution is 2.18. The number of benzene rings is 1. The number of nitrogens with one attached hydrogen (secondary N) is 2. The van der Waals surface area contributed by atoms with E-state index in [-0.39, 0.29) is 30.0 Å². The lowest BCUT2D eigenvalue weighted by atomic mass is 10.0. The molecule has 0 saturated carbocycles. The summed E-state index contributed by atoms with van der Waals surface area (Å²) in [6.45, 7) is 6.25. The molecule has 0 aliphatic rings. The third-order valence-electron chi connectivity index (χ3n) is 4.97. The van der Waals surface area contributed by atoms with E-state index in [9.17, 15) is 0 Å². The van der Waals surface area contributed by atoms with Crippen molar-refractivity contribution in [3.8, 4) is 0 Å². The fraction of sp³-hybridized carbons (Fsp3) is 0.409. The largest absolute Gasteiger partial charge is 0.357 e. The molecule has 2 aromatic heterocycles. The molecule has 0 radical (unpaired) electrons. The number of pyridine rings is 1. The molecule has 0 saturated heterocycles. The van der Waals surface area contributed by atoms with Crippen LogP contribution in [0, 0.1) is 0 Å². The van der Waals surface area contributed by atoms with Crippen LogP contribution in [-0.2, 0) is 13.0 Å². The van der Waals surface area contributed by atoms with E-state index < -0.39 is 0 Å². The number of aliphatic imine (C=N–C) groups is 1. The van der Waals surface area contributed by atoms with Crippen LogP contribution in [0.15, 0.2) is 53.7 Å². The Kier molecular flexibility index (Phi) is 9.51. The van der Waals surface area contributed by atoms with E-state index in [2.05, 4.69) is 77.9 Å². The van der Waals surface area contributed by atoms with Crippen molar-refractivity contribution in [2.45, 2.75) is 32.9 Å². The summed E-state index contributed by atoms with van der Waals surface area (Å²) in [5.41, 5.74) is 3.48. The Hall–Kier alpha value is -2.20. The van der Waals surface area contributed by atoms with Crippen LogP contribution >= 0.6 is 24.0 Å². The van der Waals surface area contributed by atoms with E-state index in [1.54, 1.807) is 0 Å². The fourth-order valence-corrected chi connectivity index (χ4v) is 3.26. The predicted octanol–water partition coefficient (Wildman–Crippen LogP) is 3.27. The average molecular weight is 521 g/mol. The first kappa shape index (κ1) is 24.1. The molecule has 2 heterocycles. The number of fused-ring (bicyclic) bond motifs is 1. The maximum Gasteiger partial charge on any atom is 0.191 e. The van der Waals surface area contributed by atoms with Crippen molar-refractivity contribution in [2.75, 3.05) is 27.2 Å². The number of rotatable bonds is 8. The molecule has 0 spiro atoms. The van der Waals surface area contributed by atoms with Gasteiger partial charge in [-0.15, -0.1) is 34.2 Å².